The van der Waals surface area contributed by atoms with Crippen LogP contribution in [-0.4, -0.2) is 0 Å². The standard InChI is InChI=1S/C19H33N/c1-3-5-7-9-10-11-13-15-19-17-16-18(20-19)14-12-8-6-4-2/h12,14-16,20H,3-11,13,17H2,1-2H3. The normalized spacial score (nSPS) is 16.9. The number of hydrogen-bond donors (Lipinski definition) is 1. The van der Waals surface area contributed by atoms with Gasteiger partial charge in [-0.05, 0) is 25.3 Å². The maximum absolute atomic E-state index is 3.51. The van der Waals surface area contributed by atoms with Crippen molar-refractivity contribution in [2.45, 2.75) is 84.5 Å². The second-order valence-electron chi connectivity index (χ2n) is 5.82. The van der Waals surface area contributed by atoms with Gasteiger partial charge in [-0.15, -0.1) is 0 Å². The highest BCUT2D eigenvalue weighted by molar-refractivity contribution is 5.30. The molecule has 1 aliphatic heterocycles. The Bertz CT molecular complexity index is 323. The smallest absolute Gasteiger partial charge is 0.0341 e. The van der Waals surface area contributed by atoms with Crippen molar-refractivity contribution in [2.75, 3.05) is 0 Å². The summed E-state index contributed by atoms with van der Waals surface area (Å²) >= 11 is 0. The fraction of sp³-hybridized carbons (Fsp3) is 0.684. The van der Waals surface area contributed by atoms with Crippen molar-refractivity contribution in [1.82, 2.24) is 5.32 Å². The molecular formula is C19H33N. The van der Waals surface area contributed by atoms with Gasteiger partial charge < -0.3 is 5.32 Å². The monoisotopic (exact) mass is 275 g/mol. The second-order valence-corrected chi connectivity index (χ2v) is 5.82. The van der Waals surface area contributed by atoms with E-state index in [0.717, 1.165) is 6.42 Å². The van der Waals surface area contributed by atoms with Gasteiger partial charge in [-0.1, -0.05) is 77.0 Å². The Morgan fingerprint density at radius 2 is 1.70 bits per heavy atom. The third kappa shape index (κ3) is 8.24. The lowest BCUT2D eigenvalue weighted by atomic mass is 10.1. The first-order valence-corrected chi connectivity index (χ1v) is 8.69. The van der Waals surface area contributed by atoms with Gasteiger partial charge in [0, 0.05) is 17.8 Å². The van der Waals surface area contributed by atoms with Crippen LogP contribution in [0.3, 0.4) is 0 Å². The molecular weight excluding hydrogens is 242 g/mol. The minimum Gasteiger partial charge on any atom is -0.359 e. The third-order valence-electron chi connectivity index (χ3n) is 3.82. The van der Waals surface area contributed by atoms with E-state index in [2.05, 4.69) is 43.5 Å². The summed E-state index contributed by atoms with van der Waals surface area (Å²) in [4.78, 5) is 0. The summed E-state index contributed by atoms with van der Waals surface area (Å²) in [7, 11) is 0. The highest BCUT2D eigenvalue weighted by Crippen LogP contribution is 2.16. The maximum atomic E-state index is 3.51. The molecule has 1 heterocycles. The molecule has 0 atom stereocenters. The first-order chi connectivity index (χ1) is 9.86. The average molecular weight is 275 g/mol. The maximum Gasteiger partial charge on any atom is 0.0341 e. The number of allylic oxidation sites excluding steroid dienone is 4. The molecule has 0 saturated carbocycles. The van der Waals surface area contributed by atoms with E-state index in [4.69, 9.17) is 0 Å². The Morgan fingerprint density at radius 1 is 0.950 bits per heavy atom. The molecule has 0 saturated heterocycles. The molecule has 0 unspecified atom stereocenters. The molecule has 0 aliphatic carbocycles. The Labute approximate surface area is 126 Å². The van der Waals surface area contributed by atoms with Crippen molar-refractivity contribution in [1.29, 1.82) is 0 Å². The minimum atomic E-state index is 1.09. The Hall–Kier alpha value is -0.980. The van der Waals surface area contributed by atoms with Crippen molar-refractivity contribution in [3.05, 3.63) is 35.7 Å². The van der Waals surface area contributed by atoms with E-state index in [1.54, 1.807) is 0 Å². The Kier molecular flexibility index (Phi) is 10.1. The van der Waals surface area contributed by atoms with Gasteiger partial charge in [-0.3, -0.25) is 0 Å². The number of nitrogens with one attached hydrogen (secondary N) is 1. The predicted octanol–water partition coefficient (Wildman–Crippen LogP) is 6.24. The van der Waals surface area contributed by atoms with Crippen LogP contribution in [0.4, 0.5) is 0 Å². The van der Waals surface area contributed by atoms with Crippen LogP contribution >= 0.6 is 0 Å². The molecule has 0 radical (unpaired) electrons. The molecule has 0 fully saturated rings. The predicted molar refractivity (Wildman–Crippen MR) is 90.6 cm³/mol. The van der Waals surface area contributed by atoms with Crippen molar-refractivity contribution in [2.24, 2.45) is 0 Å². The van der Waals surface area contributed by atoms with Crippen LogP contribution in [0.5, 0.6) is 0 Å². The third-order valence-corrected chi connectivity index (χ3v) is 3.82. The van der Waals surface area contributed by atoms with Gasteiger partial charge >= 0.3 is 0 Å². The van der Waals surface area contributed by atoms with Crippen molar-refractivity contribution in [3.8, 4) is 0 Å². The van der Waals surface area contributed by atoms with Gasteiger partial charge in [-0.2, -0.15) is 0 Å². The summed E-state index contributed by atoms with van der Waals surface area (Å²) in [5.41, 5.74) is 2.68. The number of hydrogen-bond acceptors (Lipinski definition) is 1. The van der Waals surface area contributed by atoms with Gasteiger partial charge in [0.15, 0.2) is 0 Å². The van der Waals surface area contributed by atoms with Crippen LogP contribution in [-0.2, 0) is 0 Å². The number of unbranched alkanes of at least 4 members (excludes halogenated alkanes) is 8. The van der Waals surface area contributed by atoms with Crippen LogP contribution in [0.2, 0.25) is 0 Å². The molecule has 0 aromatic heterocycles. The molecule has 20 heavy (non-hydrogen) atoms. The van der Waals surface area contributed by atoms with Crippen LogP contribution < -0.4 is 5.32 Å². The summed E-state index contributed by atoms with van der Waals surface area (Å²) in [5.74, 6) is 0. The quantitative estimate of drug-likeness (QED) is 0.440. The lowest BCUT2D eigenvalue weighted by molar-refractivity contribution is 0.610. The van der Waals surface area contributed by atoms with Gasteiger partial charge in [0.1, 0.15) is 0 Å². The SMILES string of the molecule is CCCCC=CC1=CCC(=CCCCCCCCC)N1. The zero-order valence-corrected chi connectivity index (χ0v) is 13.6. The molecule has 0 aromatic rings. The Balaban J connectivity index is 2.06. The molecule has 0 spiro atoms. The molecule has 1 nitrogen and oxygen atoms in total. The second kappa shape index (κ2) is 11.8. The van der Waals surface area contributed by atoms with Crippen molar-refractivity contribution >= 4 is 0 Å². The zero-order chi connectivity index (χ0) is 14.5. The highest BCUT2D eigenvalue weighted by atomic mass is 14.9. The molecule has 1 N–H and O–H groups in total. The molecule has 1 heteroatoms. The van der Waals surface area contributed by atoms with Crippen LogP contribution in [0.25, 0.3) is 0 Å². The van der Waals surface area contributed by atoms with E-state index in [1.165, 1.54) is 75.6 Å². The van der Waals surface area contributed by atoms with Crippen LogP contribution in [0.1, 0.15) is 84.5 Å². The van der Waals surface area contributed by atoms with Crippen LogP contribution in [0, 0.1) is 0 Å². The van der Waals surface area contributed by atoms with Gasteiger partial charge in [0.25, 0.3) is 0 Å². The molecule has 114 valence electrons. The lowest BCUT2D eigenvalue weighted by Gasteiger charge is -2.02. The summed E-state index contributed by atoms with van der Waals surface area (Å²) in [6.45, 7) is 4.52. The fourth-order valence-electron chi connectivity index (χ4n) is 2.48. The lowest BCUT2D eigenvalue weighted by Crippen LogP contribution is -2.03. The largest absolute Gasteiger partial charge is 0.359 e. The van der Waals surface area contributed by atoms with E-state index >= 15 is 0 Å². The van der Waals surface area contributed by atoms with E-state index in [0.29, 0.717) is 0 Å². The van der Waals surface area contributed by atoms with Gasteiger partial charge in [-0.25, -0.2) is 0 Å². The van der Waals surface area contributed by atoms with E-state index in [-0.39, 0.29) is 0 Å². The van der Waals surface area contributed by atoms with Crippen molar-refractivity contribution < 1.29 is 0 Å². The van der Waals surface area contributed by atoms with E-state index < -0.39 is 0 Å². The summed E-state index contributed by atoms with van der Waals surface area (Å²) in [6, 6.07) is 0. The number of rotatable bonds is 11. The van der Waals surface area contributed by atoms with Crippen molar-refractivity contribution in [3.63, 3.8) is 0 Å². The van der Waals surface area contributed by atoms with Gasteiger partial charge in [0.2, 0.25) is 0 Å². The fourth-order valence-corrected chi connectivity index (χ4v) is 2.48. The highest BCUT2D eigenvalue weighted by Gasteiger charge is 2.04. The summed E-state index contributed by atoms with van der Waals surface area (Å²) in [5, 5.41) is 3.51. The van der Waals surface area contributed by atoms with E-state index in [1.807, 2.05) is 0 Å². The molecule has 1 aliphatic rings. The molecule has 0 amide bonds. The molecule has 0 aromatic carbocycles. The first kappa shape index (κ1) is 17.1. The zero-order valence-electron chi connectivity index (χ0n) is 13.6. The molecule has 1 rings (SSSR count). The van der Waals surface area contributed by atoms with Gasteiger partial charge in [0.05, 0.1) is 0 Å². The molecule has 0 bridgehead atoms. The minimum absolute atomic E-state index is 1.09. The summed E-state index contributed by atoms with van der Waals surface area (Å²) in [6.07, 6.45) is 23.6. The Morgan fingerprint density at radius 3 is 2.50 bits per heavy atom. The topological polar surface area (TPSA) is 12.0 Å². The average Bonchev–Trinajstić information content (AvgIpc) is 2.90. The van der Waals surface area contributed by atoms with E-state index in [9.17, 15) is 0 Å². The van der Waals surface area contributed by atoms with Crippen LogP contribution in [0.15, 0.2) is 35.7 Å². The first-order valence-electron chi connectivity index (χ1n) is 8.69. The summed E-state index contributed by atoms with van der Waals surface area (Å²) < 4.78 is 0.